The molecule has 1 saturated carbocycles. The van der Waals surface area contributed by atoms with E-state index in [9.17, 15) is 14.7 Å². The van der Waals surface area contributed by atoms with E-state index >= 15 is 4.39 Å². The topological polar surface area (TPSA) is 117 Å². The highest BCUT2D eigenvalue weighted by molar-refractivity contribution is 6.33. The third-order valence-corrected chi connectivity index (χ3v) is 8.94. The molecule has 45 heavy (non-hydrogen) atoms. The first-order valence-electron chi connectivity index (χ1n) is 15.4. The van der Waals surface area contributed by atoms with Crippen molar-refractivity contribution in [1.29, 1.82) is 0 Å². The number of carboxylic acid groups (broad SMARTS) is 1. The molecular formula is C33H37ClFN7O3. The Morgan fingerprint density at radius 3 is 2.20 bits per heavy atom. The Kier molecular flexibility index (Phi) is 8.01. The highest BCUT2D eigenvalue weighted by Gasteiger charge is 2.36. The summed E-state index contributed by atoms with van der Waals surface area (Å²) < 4.78 is 16.6. The molecule has 0 spiro atoms. The number of anilines is 1. The zero-order chi connectivity index (χ0) is 32.3. The monoisotopic (exact) mass is 633 g/mol. The van der Waals surface area contributed by atoms with Gasteiger partial charge in [-0.05, 0) is 56.7 Å². The zero-order valence-corrected chi connectivity index (χ0v) is 27.0. The lowest BCUT2D eigenvalue weighted by Gasteiger charge is -2.43. The molecular weight excluding hydrogens is 597 g/mol. The zero-order valence-electron chi connectivity index (χ0n) is 26.3. The average Bonchev–Trinajstić information content (AvgIpc) is 3.83. The third kappa shape index (κ3) is 5.51. The van der Waals surface area contributed by atoms with Crippen LogP contribution in [0.4, 0.5) is 15.0 Å². The number of carbonyl (C=O) groups is 1. The van der Waals surface area contributed by atoms with E-state index in [2.05, 4.69) is 4.98 Å². The lowest BCUT2D eigenvalue weighted by atomic mass is 10.0. The molecule has 4 heterocycles. The van der Waals surface area contributed by atoms with Gasteiger partial charge in [0.2, 0.25) is 0 Å². The number of aromatic nitrogens is 5. The second-order valence-electron chi connectivity index (χ2n) is 12.8. The highest BCUT2D eigenvalue weighted by atomic mass is 35.5. The Bertz CT molecular complexity index is 1840. The van der Waals surface area contributed by atoms with E-state index in [0.717, 1.165) is 30.1 Å². The highest BCUT2D eigenvalue weighted by Crippen LogP contribution is 2.41. The van der Waals surface area contributed by atoms with E-state index in [1.165, 1.54) is 15.5 Å². The van der Waals surface area contributed by atoms with Crippen molar-refractivity contribution in [3.8, 4) is 16.9 Å². The molecule has 6 rings (SSSR count). The normalized spacial score (nSPS) is 18.8. The van der Waals surface area contributed by atoms with Crippen LogP contribution in [0.5, 0.6) is 0 Å². The molecule has 10 nitrogen and oxygen atoms in total. The van der Waals surface area contributed by atoms with Crippen molar-refractivity contribution in [2.45, 2.75) is 84.2 Å². The summed E-state index contributed by atoms with van der Waals surface area (Å²) in [6, 6.07) is 7.25. The summed E-state index contributed by atoms with van der Waals surface area (Å²) >= 11 is 6.84. The first kappa shape index (κ1) is 30.9. The van der Waals surface area contributed by atoms with E-state index in [1.54, 1.807) is 24.3 Å². The van der Waals surface area contributed by atoms with Crippen molar-refractivity contribution in [2.24, 2.45) is 0 Å². The first-order chi connectivity index (χ1) is 21.4. The number of hydrogen-bond acceptors (Lipinski definition) is 7. The summed E-state index contributed by atoms with van der Waals surface area (Å²) in [5.74, 6) is 0.837. The van der Waals surface area contributed by atoms with Crippen LogP contribution < -0.4 is 10.6 Å². The molecule has 1 aliphatic heterocycles. The third-order valence-electron chi connectivity index (χ3n) is 8.65. The van der Waals surface area contributed by atoms with Crippen LogP contribution in [0.3, 0.4) is 0 Å². The predicted molar refractivity (Wildman–Crippen MR) is 172 cm³/mol. The van der Waals surface area contributed by atoms with Crippen molar-refractivity contribution in [2.75, 3.05) is 18.0 Å². The van der Waals surface area contributed by atoms with Crippen molar-refractivity contribution < 1.29 is 14.3 Å². The number of benzene rings is 1. The molecule has 1 N–H and O–H groups in total. The van der Waals surface area contributed by atoms with Crippen LogP contribution in [0.2, 0.25) is 5.02 Å². The maximum atomic E-state index is 15.1. The molecule has 0 bridgehead atoms. The fourth-order valence-electron chi connectivity index (χ4n) is 6.12. The maximum absolute atomic E-state index is 15.1. The molecule has 3 aromatic heterocycles. The Balaban J connectivity index is 1.69. The average molecular weight is 634 g/mol. The molecule has 1 saturated heterocycles. The Hall–Kier alpha value is -4.12. The van der Waals surface area contributed by atoms with Gasteiger partial charge in [-0.15, -0.1) is 0 Å². The van der Waals surface area contributed by atoms with E-state index in [4.69, 9.17) is 26.6 Å². The number of amides is 1. The van der Waals surface area contributed by atoms with Crippen LogP contribution >= 0.6 is 11.6 Å². The van der Waals surface area contributed by atoms with Crippen molar-refractivity contribution >= 4 is 34.5 Å². The number of pyridine rings is 1. The van der Waals surface area contributed by atoms with Crippen LogP contribution in [0.1, 0.15) is 89.4 Å². The molecule has 0 unspecified atom stereocenters. The molecule has 1 aromatic carbocycles. The predicted octanol–water partition coefficient (Wildman–Crippen LogP) is 6.73. The molecule has 1 aliphatic carbocycles. The molecule has 0 radical (unpaired) electrons. The van der Waals surface area contributed by atoms with E-state index in [-0.39, 0.29) is 52.4 Å². The summed E-state index contributed by atoms with van der Waals surface area (Å²) in [6.07, 6.45) is 1.06. The summed E-state index contributed by atoms with van der Waals surface area (Å²) in [5.41, 5.74) is 2.03. The second kappa shape index (κ2) is 11.7. The van der Waals surface area contributed by atoms with Gasteiger partial charge in [-0.2, -0.15) is 4.98 Å². The van der Waals surface area contributed by atoms with Gasteiger partial charge < -0.3 is 14.9 Å². The molecule has 1 amide bonds. The number of hydrogen-bond donors (Lipinski definition) is 1. The SMILES string of the molecule is CC(C)c1nc(C2CC2)nc(C(C)C)c1-n1c(=O)nc(N2C[C@@H](C)N(C(=O)O)C[C@@H]2C)c2cc(Cl)c(-c3ccccc3F)nc21. The Morgan fingerprint density at radius 1 is 0.978 bits per heavy atom. The number of nitrogens with zero attached hydrogens (tertiary/aromatic N) is 7. The van der Waals surface area contributed by atoms with Crippen LogP contribution in [0.25, 0.3) is 28.0 Å². The lowest BCUT2D eigenvalue weighted by molar-refractivity contribution is 0.114. The minimum atomic E-state index is -1.00. The summed E-state index contributed by atoms with van der Waals surface area (Å²) in [6.45, 7) is 12.4. The molecule has 236 valence electrons. The largest absolute Gasteiger partial charge is 0.465 e. The summed E-state index contributed by atoms with van der Waals surface area (Å²) in [4.78, 5) is 49.1. The van der Waals surface area contributed by atoms with Gasteiger partial charge in [0, 0.05) is 36.7 Å². The molecule has 4 aromatic rings. The number of piperazine rings is 1. The van der Waals surface area contributed by atoms with E-state index in [1.807, 2.05) is 46.4 Å². The van der Waals surface area contributed by atoms with Gasteiger partial charge in [0.05, 0.1) is 33.2 Å². The van der Waals surface area contributed by atoms with Gasteiger partial charge in [0.25, 0.3) is 0 Å². The van der Waals surface area contributed by atoms with Crippen molar-refractivity contribution in [3.05, 3.63) is 68.9 Å². The van der Waals surface area contributed by atoms with Crippen LogP contribution in [0.15, 0.2) is 35.1 Å². The van der Waals surface area contributed by atoms with E-state index in [0.29, 0.717) is 29.4 Å². The quantitative estimate of drug-likeness (QED) is 0.248. The number of fused-ring (bicyclic) bond motifs is 1. The maximum Gasteiger partial charge on any atom is 0.407 e. The van der Waals surface area contributed by atoms with Gasteiger partial charge in [-0.25, -0.2) is 33.5 Å². The van der Waals surface area contributed by atoms with Crippen molar-refractivity contribution in [1.82, 2.24) is 29.4 Å². The fourth-order valence-corrected chi connectivity index (χ4v) is 6.38. The van der Waals surface area contributed by atoms with Gasteiger partial charge in [0.1, 0.15) is 17.5 Å². The van der Waals surface area contributed by atoms with Gasteiger partial charge in [-0.1, -0.05) is 51.4 Å². The Labute approximate surface area is 265 Å². The lowest BCUT2D eigenvalue weighted by Crippen LogP contribution is -2.58. The van der Waals surface area contributed by atoms with Crippen LogP contribution in [0, 0.1) is 5.82 Å². The Morgan fingerprint density at radius 2 is 1.62 bits per heavy atom. The van der Waals surface area contributed by atoms with Gasteiger partial charge >= 0.3 is 11.8 Å². The molecule has 2 aliphatic rings. The van der Waals surface area contributed by atoms with Crippen LogP contribution in [-0.4, -0.2) is 65.8 Å². The van der Waals surface area contributed by atoms with Crippen LogP contribution in [-0.2, 0) is 0 Å². The summed E-state index contributed by atoms with van der Waals surface area (Å²) in [5, 5.41) is 10.4. The van der Waals surface area contributed by atoms with Gasteiger partial charge in [-0.3, -0.25) is 0 Å². The molecule has 2 atom stereocenters. The standard InChI is InChI=1S/C33H37ClFN7O3/c1-16(2)25-28(26(17(3)4)37-29(36-25)20-11-12-20)42-31-22(13-23(34)27(38-31)21-9-7-8-10-24(21)35)30(39-32(42)43)40-14-19(6)41(33(44)45)15-18(40)5/h7-10,13,16-20H,11-12,14-15H2,1-6H3,(H,44,45)/t18-,19+/m0/s1. The minimum absolute atomic E-state index is 0.0528. The number of halogens is 2. The molecule has 2 fully saturated rings. The summed E-state index contributed by atoms with van der Waals surface area (Å²) in [7, 11) is 0. The van der Waals surface area contributed by atoms with Gasteiger partial charge in [0.15, 0.2) is 5.65 Å². The number of rotatable bonds is 6. The van der Waals surface area contributed by atoms with Crippen molar-refractivity contribution in [3.63, 3.8) is 0 Å². The molecule has 12 heteroatoms. The first-order valence-corrected chi connectivity index (χ1v) is 15.8. The smallest absolute Gasteiger partial charge is 0.407 e. The second-order valence-corrected chi connectivity index (χ2v) is 13.2. The fraction of sp³-hybridized carbons (Fsp3) is 0.455. The van der Waals surface area contributed by atoms with E-state index < -0.39 is 17.6 Å². The minimum Gasteiger partial charge on any atom is -0.465 e.